The second kappa shape index (κ2) is 5.63. The van der Waals surface area contributed by atoms with Crippen LogP contribution in [0.3, 0.4) is 0 Å². The Balaban J connectivity index is 1.90. The number of anilines is 1. The molecule has 0 radical (unpaired) electrons. The summed E-state index contributed by atoms with van der Waals surface area (Å²) in [4.78, 5) is 22.4. The van der Waals surface area contributed by atoms with Gasteiger partial charge in [-0.3, -0.25) is 14.3 Å². The summed E-state index contributed by atoms with van der Waals surface area (Å²) in [7, 11) is 0. The molecule has 0 aliphatic carbocycles. The summed E-state index contributed by atoms with van der Waals surface area (Å²) in [5.41, 5.74) is 0.522. The molecular weight excluding hydrogens is 236 g/mol. The molecule has 98 valence electrons. The standard InChI is InChI=1S/C11H16N4O3/c16-10(17)7-15-6-8(5-13-15)14-11(18)9-3-1-2-4-12-9/h5-6,9,12H,1-4,7H2,(H,14,18)(H,16,17)/t9-/m0/s1. The first kappa shape index (κ1) is 12.6. The van der Waals surface area contributed by atoms with Gasteiger partial charge < -0.3 is 15.7 Å². The lowest BCUT2D eigenvalue weighted by Gasteiger charge is -2.22. The predicted octanol–water partition coefficient (Wildman–Crippen LogP) is 0.0483. The van der Waals surface area contributed by atoms with Crippen LogP contribution in [0.25, 0.3) is 0 Å². The van der Waals surface area contributed by atoms with Crippen LogP contribution >= 0.6 is 0 Å². The molecule has 1 atom stereocenters. The lowest BCUT2D eigenvalue weighted by atomic mass is 10.0. The molecular formula is C11H16N4O3. The first-order chi connectivity index (χ1) is 8.65. The molecule has 2 heterocycles. The van der Waals surface area contributed by atoms with E-state index in [0.717, 1.165) is 25.8 Å². The lowest BCUT2D eigenvalue weighted by molar-refractivity contribution is -0.137. The number of carboxylic acids is 1. The van der Waals surface area contributed by atoms with Gasteiger partial charge in [0.05, 0.1) is 17.9 Å². The number of aromatic nitrogens is 2. The Morgan fingerprint density at radius 2 is 2.39 bits per heavy atom. The van der Waals surface area contributed by atoms with E-state index in [0.29, 0.717) is 5.69 Å². The quantitative estimate of drug-likeness (QED) is 0.703. The van der Waals surface area contributed by atoms with Crippen molar-refractivity contribution in [1.29, 1.82) is 0 Å². The molecule has 1 fully saturated rings. The van der Waals surface area contributed by atoms with Crippen LogP contribution in [-0.4, -0.2) is 39.4 Å². The van der Waals surface area contributed by atoms with E-state index in [4.69, 9.17) is 5.11 Å². The molecule has 2 rings (SSSR count). The van der Waals surface area contributed by atoms with Crippen LogP contribution in [-0.2, 0) is 16.1 Å². The molecule has 1 saturated heterocycles. The lowest BCUT2D eigenvalue weighted by Crippen LogP contribution is -2.43. The first-order valence-electron chi connectivity index (χ1n) is 5.93. The number of carbonyl (C=O) groups excluding carboxylic acids is 1. The van der Waals surface area contributed by atoms with E-state index < -0.39 is 5.97 Å². The van der Waals surface area contributed by atoms with Crippen molar-refractivity contribution in [2.24, 2.45) is 0 Å². The van der Waals surface area contributed by atoms with Gasteiger partial charge in [-0.15, -0.1) is 0 Å². The van der Waals surface area contributed by atoms with Gasteiger partial charge in [-0.1, -0.05) is 6.42 Å². The largest absolute Gasteiger partial charge is 0.480 e. The zero-order valence-electron chi connectivity index (χ0n) is 9.93. The zero-order chi connectivity index (χ0) is 13.0. The maximum Gasteiger partial charge on any atom is 0.325 e. The number of piperidine rings is 1. The van der Waals surface area contributed by atoms with Crippen LogP contribution in [0.4, 0.5) is 5.69 Å². The molecule has 3 N–H and O–H groups in total. The Morgan fingerprint density at radius 3 is 3.06 bits per heavy atom. The van der Waals surface area contributed by atoms with Gasteiger partial charge in [0, 0.05) is 6.20 Å². The first-order valence-corrected chi connectivity index (χ1v) is 5.93. The third-order valence-electron chi connectivity index (χ3n) is 2.82. The van der Waals surface area contributed by atoms with Crippen LogP contribution in [0.1, 0.15) is 19.3 Å². The van der Waals surface area contributed by atoms with Crippen LogP contribution in [0, 0.1) is 0 Å². The minimum atomic E-state index is -0.968. The van der Waals surface area contributed by atoms with E-state index in [1.807, 2.05) is 0 Å². The fraction of sp³-hybridized carbons (Fsp3) is 0.545. The molecule has 7 nitrogen and oxygen atoms in total. The molecule has 1 aromatic rings. The minimum Gasteiger partial charge on any atom is -0.480 e. The summed E-state index contributed by atoms with van der Waals surface area (Å²) in [5.74, 6) is -1.06. The number of nitrogens with one attached hydrogen (secondary N) is 2. The zero-order valence-corrected chi connectivity index (χ0v) is 9.93. The van der Waals surface area contributed by atoms with E-state index in [1.165, 1.54) is 17.1 Å². The highest BCUT2D eigenvalue weighted by atomic mass is 16.4. The van der Waals surface area contributed by atoms with Crippen molar-refractivity contribution in [3.63, 3.8) is 0 Å². The Bertz CT molecular complexity index is 437. The van der Waals surface area contributed by atoms with Gasteiger partial charge in [-0.25, -0.2) is 0 Å². The molecule has 0 aromatic carbocycles. The topological polar surface area (TPSA) is 96.2 Å². The van der Waals surface area contributed by atoms with Gasteiger partial charge in [-0.05, 0) is 19.4 Å². The third-order valence-corrected chi connectivity index (χ3v) is 2.82. The maximum absolute atomic E-state index is 11.9. The summed E-state index contributed by atoms with van der Waals surface area (Å²) in [6.45, 7) is 0.647. The van der Waals surface area contributed by atoms with Crippen LogP contribution in [0.5, 0.6) is 0 Å². The number of rotatable bonds is 4. The summed E-state index contributed by atoms with van der Waals surface area (Å²) in [6.07, 6.45) is 5.93. The summed E-state index contributed by atoms with van der Waals surface area (Å²) < 4.78 is 1.27. The van der Waals surface area contributed by atoms with Gasteiger partial charge in [0.2, 0.25) is 5.91 Å². The van der Waals surface area contributed by atoms with Crippen molar-refractivity contribution in [2.45, 2.75) is 31.8 Å². The van der Waals surface area contributed by atoms with Crippen molar-refractivity contribution in [3.05, 3.63) is 12.4 Å². The number of carbonyl (C=O) groups is 2. The number of amides is 1. The van der Waals surface area contributed by atoms with Gasteiger partial charge in [-0.2, -0.15) is 5.10 Å². The molecule has 0 bridgehead atoms. The van der Waals surface area contributed by atoms with E-state index in [-0.39, 0.29) is 18.5 Å². The number of nitrogens with zero attached hydrogens (tertiary/aromatic N) is 2. The van der Waals surface area contributed by atoms with Crippen molar-refractivity contribution < 1.29 is 14.7 Å². The predicted molar refractivity (Wildman–Crippen MR) is 64.1 cm³/mol. The second-order valence-corrected chi connectivity index (χ2v) is 4.31. The highest BCUT2D eigenvalue weighted by molar-refractivity contribution is 5.94. The normalized spacial score (nSPS) is 19.4. The Morgan fingerprint density at radius 1 is 1.56 bits per heavy atom. The van der Waals surface area contributed by atoms with E-state index in [9.17, 15) is 9.59 Å². The molecule has 18 heavy (non-hydrogen) atoms. The van der Waals surface area contributed by atoms with Crippen molar-refractivity contribution >= 4 is 17.6 Å². The van der Waals surface area contributed by atoms with Crippen LogP contribution in [0.2, 0.25) is 0 Å². The maximum atomic E-state index is 11.9. The fourth-order valence-electron chi connectivity index (χ4n) is 1.96. The Hall–Kier alpha value is -1.89. The van der Waals surface area contributed by atoms with E-state index in [1.54, 1.807) is 0 Å². The Kier molecular flexibility index (Phi) is 3.93. The SMILES string of the molecule is O=C(O)Cn1cc(NC(=O)[C@@H]2CCCCN2)cn1. The highest BCUT2D eigenvalue weighted by Crippen LogP contribution is 2.10. The average Bonchev–Trinajstić information content (AvgIpc) is 2.76. The van der Waals surface area contributed by atoms with Gasteiger partial charge in [0.25, 0.3) is 0 Å². The van der Waals surface area contributed by atoms with Crippen LogP contribution in [0.15, 0.2) is 12.4 Å². The molecule has 1 amide bonds. The van der Waals surface area contributed by atoms with E-state index >= 15 is 0 Å². The molecule has 0 spiro atoms. The highest BCUT2D eigenvalue weighted by Gasteiger charge is 2.20. The van der Waals surface area contributed by atoms with Gasteiger partial charge >= 0.3 is 5.97 Å². The van der Waals surface area contributed by atoms with Gasteiger partial charge in [0.15, 0.2) is 0 Å². The number of hydrogen-bond acceptors (Lipinski definition) is 4. The Labute approximate surface area is 104 Å². The number of carboxylic acid groups (broad SMARTS) is 1. The fourth-order valence-corrected chi connectivity index (χ4v) is 1.96. The third kappa shape index (κ3) is 3.30. The summed E-state index contributed by atoms with van der Waals surface area (Å²) >= 11 is 0. The average molecular weight is 252 g/mol. The van der Waals surface area contributed by atoms with Crippen molar-refractivity contribution in [3.8, 4) is 0 Å². The molecule has 0 unspecified atom stereocenters. The van der Waals surface area contributed by atoms with Gasteiger partial charge in [0.1, 0.15) is 6.54 Å². The molecule has 1 aromatic heterocycles. The molecule has 0 saturated carbocycles. The number of hydrogen-bond donors (Lipinski definition) is 3. The number of aliphatic carboxylic acids is 1. The van der Waals surface area contributed by atoms with Crippen molar-refractivity contribution in [2.75, 3.05) is 11.9 Å². The molecule has 1 aliphatic heterocycles. The summed E-state index contributed by atoms with van der Waals surface area (Å²) in [6, 6.07) is -0.165. The van der Waals surface area contributed by atoms with E-state index in [2.05, 4.69) is 15.7 Å². The smallest absolute Gasteiger partial charge is 0.325 e. The van der Waals surface area contributed by atoms with Crippen molar-refractivity contribution in [1.82, 2.24) is 15.1 Å². The summed E-state index contributed by atoms with van der Waals surface area (Å²) in [5, 5.41) is 18.3. The second-order valence-electron chi connectivity index (χ2n) is 4.31. The molecule has 1 aliphatic rings. The monoisotopic (exact) mass is 252 g/mol. The van der Waals surface area contributed by atoms with Crippen LogP contribution < -0.4 is 10.6 Å². The minimum absolute atomic E-state index is 0.0930. The molecule has 7 heteroatoms.